The summed E-state index contributed by atoms with van der Waals surface area (Å²) in [5.41, 5.74) is 5.90. The van der Waals surface area contributed by atoms with Crippen molar-refractivity contribution in [1.82, 2.24) is 20.2 Å². The van der Waals surface area contributed by atoms with E-state index in [1.165, 1.54) is 13.1 Å². The van der Waals surface area contributed by atoms with Crippen LogP contribution in [0.1, 0.15) is 0 Å². The first-order chi connectivity index (χ1) is 8.38. The van der Waals surface area contributed by atoms with E-state index in [1.807, 2.05) is 0 Å². The van der Waals surface area contributed by atoms with Gasteiger partial charge in [-0.2, -0.15) is 4.80 Å². The van der Waals surface area contributed by atoms with Crippen molar-refractivity contribution in [1.29, 1.82) is 0 Å². The lowest BCUT2D eigenvalue weighted by molar-refractivity contribution is 0.600. The van der Waals surface area contributed by atoms with E-state index < -0.39 is 10.0 Å². The van der Waals surface area contributed by atoms with E-state index >= 15 is 0 Å². The average Bonchev–Trinajstić information content (AvgIpc) is 2.66. The Morgan fingerprint density at radius 3 is 2.78 bits per heavy atom. The van der Waals surface area contributed by atoms with Crippen LogP contribution in [-0.4, -0.2) is 28.6 Å². The van der Waals surface area contributed by atoms with Gasteiger partial charge in [-0.1, -0.05) is 5.10 Å². The molecule has 0 amide bonds. The van der Waals surface area contributed by atoms with Gasteiger partial charge in [0.25, 0.3) is 16.0 Å². The van der Waals surface area contributed by atoms with Crippen molar-refractivity contribution in [3.8, 4) is 0 Å². The second-order valence-electron chi connectivity index (χ2n) is 3.40. The summed E-state index contributed by atoms with van der Waals surface area (Å²) in [6.07, 6.45) is 0. The quantitative estimate of drug-likeness (QED) is 0.783. The average molecular weight is 333 g/mol. The van der Waals surface area contributed by atoms with Gasteiger partial charge in [-0.25, -0.2) is 13.1 Å². The van der Waals surface area contributed by atoms with Gasteiger partial charge in [-0.05, 0) is 39.3 Å². The molecule has 10 heteroatoms. The molecule has 96 valence electrons. The summed E-state index contributed by atoms with van der Waals surface area (Å²) >= 11 is 3.15. The number of nitrogens with one attached hydrogen (secondary N) is 1. The molecule has 0 atom stereocenters. The molecule has 0 bridgehead atoms. The minimum atomic E-state index is -3.81. The highest BCUT2D eigenvalue weighted by atomic mass is 79.9. The van der Waals surface area contributed by atoms with Crippen LogP contribution in [0.25, 0.3) is 0 Å². The molecule has 0 unspecified atom stereocenters. The summed E-state index contributed by atoms with van der Waals surface area (Å²) in [7, 11) is -2.28. The Bertz CT molecular complexity index is 683. The second-order valence-corrected chi connectivity index (χ2v) is 5.90. The van der Waals surface area contributed by atoms with Crippen LogP contribution in [0.15, 0.2) is 27.6 Å². The topological polar surface area (TPSA) is 116 Å². The maximum Gasteiger partial charge on any atom is 0.277 e. The summed E-state index contributed by atoms with van der Waals surface area (Å²) in [5, 5.41) is 10.8. The van der Waals surface area contributed by atoms with E-state index in [9.17, 15) is 8.42 Å². The molecule has 0 spiro atoms. The largest absolute Gasteiger partial charge is 0.399 e. The van der Waals surface area contributed by atoms with Gasteiger partial charge in [0, 0.05) is 10.2 Å². The predicted molar refractivity (Wildman–Crippen MR) is 68.2 cm³/mol. The van der Waals surface area contributed by atoms with Crippen molar-refractivity contribution in [2.75, 3.05) is 10.5 Å². The van der Waals surface area contributed by atoms with E-state index in [4.69, 9.17) is 5.73 Å². The van der Waals surface area contributed by atoms with Gasteiger partial charge < -0.3 is 5.73 Å². The molecule has 18 heavy (non-hydrogen) atoms. The number of nitrogens with zero attached hydrogens (tertiary/aromatic N) is 4. The van der Waals surface area contributed by atoms with Crippen LogP contribution < -0.4 is 10.5 Å². The third kappa shape index (κ3) is 2.59. The van der Waals surface area contributed by atoms with Gasteiger partial charge in [0.1, 0.15) is 4.90 Å². The number of aromatic nitrogens is 4. The van der Waals surface area contributed by atoms with Crippen molar-refractivity contribution < 1.29 is 8.42 Å². The van der Waals surface area contributed by atoms with E-state index in [0.29, 0.717) is 10.2 Å². The molecule has 1 aromatic heterocycles. The summed E-state index contributed by atoms with van der Waals surface area (Å²) in [6, 6.07) is 4.47. The number of aryl methyl sites for hydroxylation is 1. The van der Waals surface area contributed by atoms with Crippen LogP contribution >= 0.6 is 15.9 Å². The molecule has 0 aliphatic carbocycles. The lowest BCUT2D eigenvalue weighted by Gasteiger charge is -2.07. The fourth-order valence-electron chi connectivity index (χ4n) is 1.23. The van der Waals surface area contributed by atoms with Crippen molar-refractivity contribution in [2.45, 2.75) is 4.90 Å². The number of halogens is 1. The number of hydrogen-bond acceptors (Lipinski definition) is 6. The molecular weight excluding hydrogens is 324 g/mol. The van der Waals surface area contributed by atoms with Crippen LogP contribution in [0.2, 0.25) is 0 Å². The normalized spacial score (nSPS) is 11.4. The molecule has 0 saturated heterocycles. The van der Waals surface area contributed by atoms with Gasteiger partial charge in [-0.3, -0.25) is 0 Å². The van der Waals surface area contributed by atoms with Crippen LogP contribution in [-0.2, 0) is 17.1 Å². The number of nitrogen functional groups attached to an aromatic ring is 1. The van der Waals surface area contributed by atoms with Crippen molar-refractivity contribution in [2.24, 2.45) is 7.05 Å². The monoisotopic (exact) mass is 332 g/mol. The van der Waals surface area contributed by atoms with E-state index in [-0.39, 0.29) is 10.8 Å². The summed E-state index contributed by atoms with van der Waals surface area (Å²) in [5.74, 6) is -0.105. The Hall–Kier alpha value is -1.68. The van der Waals surface area contributed by atoms with Crippen LogP contribution in [0.3, 0.4) is 0 Å². The highest BCUT2D eigenvalue weighted by Crippen LogP contribution is 2.25. The van der Waals surface area contributed by atoms with Crippen molar-refractivity contribution >= 4 is 37.6 Å². The van der Waals surface area contributed by atoms with E-state index in [0.717, 1.165) is 4.80 Å². The highest BCUT2D eigenvalue weighted by molar-refractivity contribution is 9.10. The molecular formula is C8H9BrN6O2S. The van der Waals surface area contributed by atoms with Gasteiger partial charge in [0.15, 0.2) is 0 Å². The molecule has 0 aliphatic rings. The van der Waals surface area contributed by atoms with Crippen LogP contribution in [0.5, 0.6) is 0 Å². The first kappa shape index (κ1) is 12.8. The molecule has 2 rings (SSSR count). The Morgan fingerprint density at radius 2 is 2.17 bits per heavy atom. The zero-order chi connectivity index (χ0) is 13.3. The summed E-state index contributed by atoms with van der Waals surface area (Å²) in [4.78, 5) is 1.15. The Labute approximate surface area is 111 Å². The van der Waals surface area contributed by atoms with Gasteiger partial charge in [0.2, 0.25) is 0 Å². The third-order valence-electron chi connectivity index (χ3n) is 1.98. The lowest BCUT2D eigenvalue weighted by Crippen LogP contribution is -2.15. The molecule has 8 nitrogen and oxygen atoms in total. The number of sulfonamides is 1. The van der Waals surface area contributed by atoms with Crippen LogP contribution in [0, 0.1) is 0 Å². The predicted octanol–water partition coefficient (Wildman–Crippen LogP) is 0.356. The number of benzene rings is 1. The molecule has 0 aliphatic heterocycles. The van der Waals surface area contributed by atoms with Gasteiger partial charge in [0.05, 0.1) is 7.05 Å². The van der Waals surface area contributed by atoms with Gasteiger partial charge >= 0.3 is 0 Å². The first-order valence-electron chi connectivity index (χ1n) is 4.70. The van der Waals surface area contributed by atoms with E-state index in [1.54, 1.807) is 12.1 Å². The molecule has 0 radical (unpaired) electrons. The smallest absolute Gasteiger partial charge is 0.277 e. The second kappa shape index (κ2) is 4.53. The number of rotatable bonds is 3. The Morgan fingerprint density at radius 1 is 1.44 bits per heavy atom. The number of nitrogens with two attached hydrogens (primary N) is 1. The summed E-state index contributed by atoms with van der Waals surface area (Å²) < 4.78 is 26.7. The number of hydrogen-bond donors (Lipinski definition) is 2. The Kier molecular flexibility index (Phi) is 3.22. The third-order valence-corrected chi connectivity index (χ3v) is 4.30. The number of tetrazole rings is 1. The fourth-order valence-corrected chi connectivity index (χ4v) is 3.16. The van der Waals surface area contributed by atoms with E-state index in [2.05, 4.69) is 36.1 Å². The Balaban J connectivity index is 2.39. The maximum absolute atomic E-state index is 12.1. The standard InChI is InChI=1S/C8H9BrN6O2S/c1-15-12-8(11-14-15)13-18(16,17)7-4-5(10)2-3-6(7)9/h2-4H,10H2,1H3,(H,12,13). The van der Waals surface area contributed by atoms with Gasteiger partial charge in [-0.15, -0.1) is 5.10 Å². The fraction of sp³-hybridized carbons (Fsp3) is 0.125. The highest BCUT2D eigenvalue weighted by Gasteiger charge is 2.20. The molecule has 1 heterocycles. The van der Waals surface area contributed by atoms with Crippen LogP contribution in [0.4, 0.5) is 11.6 Å². The SMILES string of the molecule is Cn1nnc(NS(=O)(=O)c2cc(N)ccc2Br)n1. The van der Waals surface area contributed by atoms with Crippen molar-refractivity contribution in [3.63, 3.8) is 0 Å². The summed E-state index contributed by atoms with van der Waals surface area (Å²) in [6.45, 7) is 0. The number of anilines is 2. The molecule has 0 saturated carbocycles. The first-order valence-corrected chi connectivity index (χ1v) is 6.98. The maximum atomic E-state index is 12.1. The molecule has 1 aromatic carbocycles. The minimum Gasteiger partial charge on any atom is -0.399 e. The molecule has 0 fully saturated rings. The zero-order valence-corrected chi connectivity index (χ0v) is 11.6. The zero-order valence-electron chi connectivity index (χ0n) is 9.20. The molecule has 2 aromatic rings. The lowest BCUT2D eigenvalue weighted by atomic mass is 10.3. The minimum absolute atomic E-state index is 0.00922. The van der Waals surface area contributed by atoms with Crippen molar-refractivity contribution in [3.05, 3.63) is 22.7 Å². The molecule has 3 N–H and O–H groups in total.